The average molecular weight is 245 g/mol. The molecule has 0 rings (SSSR count). The lowest BCUT2D eigenvalue weighted by molar-refractivity contribution is -0.121. The highest BCUT2D eigenvalue weighted by molar-refractivity contribution is 7.81. The number of rotatable bonds is 7. The van der Waals surface area contributed by atoms with Crippen molar-refractivity contribution in [2.24, 2.45) is 11.8 Å². The maximum absolute atomic E-state index is 11.7. The molecule has 0 aromatic heterocycles. The summed E-state index contributed by atoms with van der Waals surface area (Å²) in [5.41, 5.74) is 0. The van der Waals surface area contributed by atoms with Gasteiger partial charge in [-0.15, -0.1) is 0 Å². The van der Waals surface area contributed by atoms with Crippen molar-refractivity contribution in [1.82, 2.24) is 5.32 Å². The van der Waals surface area contributed by atoms with E-state index in [9.17, 15) is 4.79 Å². The summed E-state index contributed by atoms with van der Waals surface area (Å²) in [6.45, 7) is 10.6. The smallest absolute Gasteiger partial charge is 0.233 e. The summed E-state index contributed by atoms with van der Waals surface area (Å²) in [6, 6.07) is 0.264. The number of nitrogens with one attached hydrogen (secondary N) is 1. The van der Waals surface area contributed by atoms with Crippen LogP contribution in [-0.2, 0) is 4.79 Å². The van der Waals surface area contributed by atoms with E-state index in [1.54, 1.807) is 0 Å². The molecule has 0 aliphatic rings. The van der Waals surface area contributed by atoms with Crippen molar-refractivity contribution >= 4 is 18.5 Å². The Bertz CT molecular complexity index is 204. The zero-order chi connectivity index (χ0) is 12.7. The van der Waals surface area contributed by atoms with Crippen LogP contribution in [0.3, 0.4) is 0 Å². The van der Waals surface area contributed by atoms with E-state index in [1.807, 2.05) is 13.8 Å². The Morgan fingerprint density at radius 2 is 1.69 bits per heavy atom. The molecule has 0 saturated heterocycles. The quantitative estimate of drug-likeness (QED) is 0.662. The third-order valence-corrected chi connectivity index (χ3v) is 3.54. The van der Waals surface area contributed by atoms with Crippen molar-refractivity contribution in [3.05, 3.63) is 0 Å². The lowest BCUT2D eigenvalue weighted by atomic mass is 10.0. The van der Waals surface area contributed by atoms with E-state index in [2.05, 4.69) is 38.7 Å². The molecule has 1 N–H and O–H groups in total. The van der Waals surface area contributed by atoms with Crippen LogP contribution in [0.15, 0.2) is 0 Å². The molecule has 0 bridgehead atoms. The van der Waals surface area contributed by atoms with Crippen molar-refractivity contribution < 1.29 is 4.79 Å². The standard InChI is InChI=1S/C13H27NOS/c1-9(2)7-6-8-11(5)14-13(15)12(16)10(3)4/h9-12,16H,6-8H2,1-5H3,(H,14,15). The molecule has 0 fully saturated rings. The molecule has 16 heavy (non-hydrogen) atoms. The second-order valence-electron chi connectivity index (χ2n) is 5.42. The summed E-state index contributed by atoms with van der Waals surface area (Å²) in [5.74, 6) is 1.10. The minimum absolute atomic E-state index is 0.0652. The molecule has 2 unspecified atom stereocenters. The molecule has 0 aliphatic carbocycles. The number of carbonyl (C=O) groups is 1. The zero-order valence-corrected chi connectivity index (χ0v) is 12.2. The molecule has 0 aliphatic heterocycles. The first-order valence-corrected chi connectivity index (χ1v) is 6.84. The molecule has 0 radical (unpaired) electrons. The molecule has 3 heteroatoms. The number of hydrogen-bond donors (Lipinski definition) is 2. The van der Waals surface area contributed by atoms with Crippen LogP contribution in [0.25, 0.3) is 0 Å². The third kappa shape index (κ3) is 7.15. The predicted octanol–water partition coefficient (Wildman–Crippen LogP) is 3.27. The first kappa shape index (κ1) is 15.8. The Labute approximate surface area is 106 Å². The second kappa shape index (κ2) is 7.99. The summed E-state index contributed by atoms with van der Waals surface area (Å²) in [4.78, 5) is 11.7. The van der Waals surface area contributed by atoms with Crippen molar-refractivity contribution in [2.45, 2.75) is 65.2 Å². The summed E-state index contributed by atoms with van der Waals surface area (Å²) in [5, 5.41) is 2.83. The van der Waals surface area contributed by atoms with E-state index in [0.29, 0.717) is 0 Å². The summed E-state index contributed by atoms with van der Waals surface area (Å²) in [6.07, 6.45) is 3.47. The van der Waals surface area contributed by atoms with Crippen LogP contribution in [0.1, 0.15) is 53.9 Å². The largest absolute Gasteiger partial charge is 0.353 e. The van der Waals surface area contributed by atoms with Crippen LogP contribution < -0.4 is 5.32 Å². The maximum atomic E-state index is 11.7. The molecule has 96 valence electrons. The van der Waals surface area contributed by atoms with Crippen LogP contribution in [0.2, 0.25) is 0 Å². The highest BCUT2D eigenvalue weighted by Gasteiger charge is 2.18. The molecule has 2 nitrogen and oxygen atoms in total. The Hall–Kier alpha value is -0.180. The monoisotopic (exact) mass is 245 g/mol. The highest BCUT2D eigenvalue weighted by Crippen LogP contribution is 2.11. The Kier molecular flexibility index (Phi) is 7.90. The SMILES string of the molecule is CC(C)CCCC(C)NC(=O)C(S)C(C)C. The normalized spacial score (nSPS) is 15.2. The van der Waals surface area contributed by atoms with Gasteiger partial charge in [-0.1, -0.05) is 40.5 Å². The maximum Gasteiger partial charge on any atom is 0.233 e. The van der Waals surface area contributed by atoms with Gasteiger partial charge in [-0.2, -0.15) is 12.6 Å². The van der Waals surface area contributed by atoms with Gasteiger partial charge in [-0.25, -0.2) is 0 Å². The van der Waals surface area contributed by atoms with Crippen molar-refractivity contribution in [1.29, 1.82) is 0 Å². The van der Waals surface area contributed by atoms with E-state index in [-0.39, 0.29) is 23.1 Å². The van der Waals surface area contributed by atoms with E-state index in [4.69, 9.17) is 0 Å². The fourth-order valence-corrected chi connectivity index (χ4v) is 1.61. The average Bonchev–Trinajstić information content (AvgIpc) is 2.15. The van der Waals surface area contributed by atoms with Gasteiger partial charge in [0.05, 0.1) is 5.25 Å². The first-order valence-electron chi connectivity index (χ1n) is 6.33. The molecule has 0 aromatic carbocycles. The van der Waals surface area contributed by atoms with Crippen LogP contribution >= 0.6 is 12.6 Å². The van der Waals surface area contributed by atoms with Crippen LogP contribution in [-0.4, -0.2) is 17.2 Å². The third-order valence-electron chi connectivity index (χ3n) is 2.71. The second-order valence-corrected chi connectivity index (χ2v) is 5.98. The number of thiol groups is 1. The van der Waals surface area contributed by atoms with Gasteiger partial charge in [-0.05, 0) is 25.2 Å². The van der Waals surface area contributed by atoms with Crippen LogP contribution in [0, 0.1) is 11.8 Å². The number of carbonyl (C=O) groups excluding carboxylic acids is 1. The first-order chi connectivity index (χ1) is 7.34. The molecule has 0 aromatic rings. The van der Waals surface area contributed by atoms with Crippen LogP contribution in [0.4, 0.5) is 0 Å². The molecule has 2 atom stereocenters. The molecule has 0 heterocycles. The molecule has 1 amide bonds. The Balaban J connectivity index is 3.78. The molecule has 0 saturated carbocycles. The lowest BCUT2D eigenvalue weighted by Gasteiger charge is -2.19. The number of amides is 1. The predicted molar refractivity (Wildman–Crippen MR) is 73.9 cm³/mol. The minimum atomic E-state index is -0.187. The van der Waals surface area contributed by atoms with Crippen molar-refractivity contribution in [2.75, 3.05) is 0 Å². The van der Waals surface area contributed by atoms with Gasteiger partial charge in [-0.3, -0.25) is 4.79 Å². The summed E-state index contributed by atoms with van der Waals surface area (Å²) in [7, 11) is 0. The van der Waals surface area contributed by atoms with E-state index in [1.165, 1.54) is 12.8 Å². The highest BCUT2D eigenvalue weighted by atomic mass is 32.1. The van der Waals surface area contributed by atoms with Gasteiger partial charge < -0.3 is 5.32 Å². The Morgan fingerprint density at radius 1 is 1.12 bits per heavy atom. The minimum Gasteiger partial charge on any atom is -0.353 e. The van der Waals surface area contributed by atoms with Gasteiger partial charge in [0.2, 0.25) is 5.91 Å². The number of hydrogen-bond acceptors (Lipinski definition) is 2. The van der Waals surface area contributed by atoms with E-state index in [0.717, 1.165) is 12.3 Å². The fraction of sp³-hybridized carbons (Fsp3) is 0.923. The van der Waals surface area contributed by atoms with Crippen molar-refractivity contribution in [3.8, 4) is 0 Å². The van der Waals surface area contributed by atoms with Gasteiger partial charge in [0.15, 0.2) is 0 Å². The van der Waals surface area contributed by atoms with Gasteiger partial charge in [0, 0.05) is 6.04 Å². The van der Waals surface area contributed by atoms with E-state index >= 15 is 0 Å². The molecular weight excluding hydrogens is 218 g/mol. The van der Waals surface area contributed by atoms with Gasteiger partial charge >= 0.3 is 0 Å². The van der Waals surface area contributed by atoms with Crippen molar-refractivity contribution in [3.63, 3.8) is 0 Å². The lowest BCUT2D eigenvalue weighted by Crippen LogP contribution is -2.39. The molecule has 0 spiro atoms. The van der Waals surface area contributed by atoms with E-state index < -0.39 is 0 Å². The van der Waals surface area contributed by atoms with Crippen LogP contribution in [0.5, 0.6) is 0 Å². The topological polar surface area (TPSA) is 29.1 Å². The summed E-state index contributed by atoms with van der Waals surface area (Å²) >= 11 is 4.31. The fourth-order valence-electron chi connectivity index (χ4n) is 1.54. The van der Waals surface area contributed by atoms with Gasteiger partial charge in [0.25, 0.3) is 0 Å². The Morgan fingerprint density at radius 3 is 2.12 bits per heavy atom. The zero-order valence-electron chi connectivity index (χ0n) is 11.3. The summed E-state index contributed by atoms with van der Waals surface area (Å²) < 4.78 is 0. The molecular formula is C13H27NOS. The van der Waals surface area contributed by atoms with Gasteiger partial charge in [0.1, 0.15) is 0 Å².